The van der Waals surface area contributed by atoms with Gasteiger partial charge in [0.05, 0.1) is 5.69 Å². The second-order valence-corrected chi connectivity index (χ2v) is 5.41. The molecule has 5 N–H and O–H groups in total. The lowest BCUT2D eigenvalue weighted by atomic mass is 9.98. The van der Waals surface area contributed by atoms with Crippen molar-refractivity contribution in [2.75, 3.05) is 5.32 Å². The lowest BCUT2D eigenvalue weighted by molar-refractivity contribution is -0.119. The van der Waals surface area contributed by atoms with Gasteiger partial charge in [-0.15, -0.1) is 0 Å². The summed E-state index contributed by atoms with van der Waals surface area (Å²) in [6, 6.07) is -1.65. The largest absolute Gasteiger partial charge is 0.478 e. The summed E-state index contributed by atoms with van der Waals surface area (Å²) in [7, 11) is 0. The molecule has 9 heteroatoms. The molecule has 2 atom stereocenters. The van der Waals surface area contributed by atoms with Crippen molar-refractivity contribution in [1.29, 1.82) is 0 Å². The fraction of sp³-hybridized carbons (Fsp3) is 0.500. The number of hydrogen-bond acceptors (Lipinski definition) is 5. The number of anilines is 1. The van der Waals surface area contributed by atoms with Gasteiger partial charge in [-0.3, -0.25) is 4.79 Å². The summed E-state index contributed by atoms with van der Waals surface area (Å²) in [4.78, 5) is 34.4. The highest BCUT2D eigenvalue weighted by Gasteiger charge is 2.27. The van der Waals surface area contributed by atoms with Crippen LogP contribution in [0.25, 0.3) is 0 Å². The van der Waals surface area contributed by atoms with E-state index in [1.54, 1.807) is 13.8 Å². The van der Waals surface area contributed by atoms with Crippen LogP contribution in [0, 0.1) is 12.8 Å². The molecule has 0 aliphatic rings. The summed E-state index contributed by atoms with van der Waals surface area (Å²) >= 11 is 0.882. The van der Waals surface area contributed by atoms with Crippen LogP contribution in [0.2, 0.25) is 0 Å². The van der Waals surface area contributed by atoms with Crippen molar-refractivity contribution in [2.45, 2.75) is 33.2 Å². The Bertz CT molecular complexity index is 557. The Morgan fingerprint density at radius 3 is 2.52 bits per heavy atom. The SMILES string of the molecule is CCC(C)C(NC(N)=O)C(=O)Nc1snc(C)c1C(=O)O. The van der Waals surface area contributed by atoms with E-state index in [2.05, 4.69) is 15.0 Å². The number of hydrogen-bond donors (Lipinski definition) is 4. The monoisotopic (exact) mass is 314 g/mol. The number of amides is 3. The van der Waals surface area contributed by atoms with Crippen LogP contribution in [0.15, 0.2) is 0 Å². The molecule has 1 aromatic heterocycles. The first-order chi connectivity index (χ1) is 9.77. The Hall–Kier alpha value is -2.16. The van der Waals surface area contributed by atoms with E-state index in [4.69, 9.17) is 10.8 Å². The van der Waals surface area contributed by atoms with E-state index in [1.807, 2.05) is 6.92 Å². The highest BCUT2D eigenvalue weighted by molar-refractivity contribution is 7.11. The first kappa shape index (κ1) is 16.9. The van der Waals surface area contributed by atoms with Crippen molar-refractivity contribution in [1.82, 2.24) is 9.69 Å². The zero-order chi connectivity index (χ0) is 16.2. The molecule has 0 saturated heterocycles. The lowest BCUT2D eigenvalue weighted by Crippen LogP contribution is -2.49. The number of nitrogens with two attached hydrogens (primary N) is 1. The van der Waals surface area contributed by atoms with Crippen LogP contribution >= 0.6 is 11.5 Å². The summed E-state index contributed by atoms with van der Waals surface area (Å²) in [5.74, 6) is -1.84. The van der Waals surface area contributed by atoms with Crippen molar-refractivity contribution in [3.63, 3.8) is 0 Å². The van der Waals surface area contributed by atoms with Crippen molar-refractivity contribution in [3.05, 3.63) is 11.3 Å². The molecule has 0 bridgehead atoms. The lowest BCUT2D eigenvalue weighted by Gasteiger charge is -2.22. The average molecular weight is 314 g/mol. The molecule has 116 valence electrons. The summed E-state index contributed by atoms with van der Waals surface area (Å²) < 4.78 is 3.91. The number of nitrogens with zero attached hydrogens (tertiary/aromatic N) is 1. The van der Waals surface area contributed by atoms with Gasteiger partial charge in [0.2, 0.25) is 5.91 Å². The number of urea groups is 1. The van der Waals surface area contributed by atoms with Gasteiger partial charge in [-0.25, -0.2) is 9.59 Å². The Kier molecular flexibility index (Phi) is 5.65. The third-order valence-corrected chi connectivity index (χ3v) is 3.96. The molecule has 2 unspecified atom stereocenters. The molecule has 21 heavy (non-hydrogen) atoms. The molecule has 1 rings (SSSR count). The zero-order valence-corrected chi connectivity index (χ0v) is 12.8. The summed E-state index contributed by atoms with van der Waals surface area (Å²) in [6.45, 7) is 5.20. The molecule has 1 aromatic rings. The molecule has 0 aromatic carbocycles. The van der Waals surface area contributed by atoms with Gasteiger partial charge in [-0.1, -0.05) is 20.3 Å². The van der Waals surface area contributed by atoms with E-state index in [-0.39, 0.29) is 16.5 Å². The molecule has 1 heterocycles. The van der Waals surface area contributed by atoms with E-state index < -0.39 is 23.9 Å². The predicted molar refractivity (Wildman–Crippen MR) is 78.4 cm³/mol. The van der Waals surface area contributed by atoms with Crippen molar-refractivity contribution < 1.29 is 19.5 Å². The maximum Gasteiger partial charge on any atom is 0.340 e. The number of nitrogens with one attached hydrogen (secondary N) is 2. The van der Waals surface area contributed by atoms with Crippen molar-refractivity contribution in [3.8, 4) is 0 Å². The van der Waals surface area contributed by atoms with Gasteiger partial charge in [-0.2, -0.15) is 4.37 Å². The van der Waals surface area contributed by atoms with Crippen LogP contribution in [0.3, 0.4) is 0 Å². The van der Waals surface area contributed by atoms with Crippen molar-refractivity contribution >= 4 is 34.4 Å². The van der Waals surface area contributed by atoms with Crippen LogP contribution in [0.1, 0.15) is 36.3 Å². The van der Waals surface area contributed by atoms with Gasteiger partial charge in [0.15, 0.2) is 0 Å². The smallest absolute Gasteiger partial charge is 0.340 e. The molecule has 0 fully saturated rings. The Morgan fingerprint density at radius 2 is 2.05 bits per heavy atom. The molecule has 0 saturated carbocycles. The fourth-order valence-corrected chi connectivity index (χ4v) is 2.54. The number of primary amides is 1. The highest BCUT2D eigenvalue weighted by atomic mass is 32.1. The van der Waals surface area contributed by atoms with E-state index in [0.29, 0.717) is 12.1 Å². The Labute approximate surface area is 125 Å². The van der Waals surface area contributed by atoms with E-state index in [9.17, 15) is 14.4 Å². The normalized spacial score (nSPS) is 13.3. The van der Waals surface area contributed by atoms with Gasteiger partial charge in [0.1, 0.15) is 16.6 Å². The van der Waals surface area contributed by atoms with E-state index in [1.165, 1.54) is 0 Å². The molecule has 0 aliphatic heterocycles. The summed E-state index contributed by atoms with van der Waals surface area (Å²) in [6.07, 6.45) is 0.645. The fourth-order valence-electron chi connectivity index (χ4n) is 1.75. The number of aromatic nitrogens is 1. The van der Waals surface area contributed by atoms with Gasteiger partial charge < -0.3 is 21.5 Å². The minimum atomic E-state index is -1.17. The van der Waals surface area contributed by atoms with Crippen LogP contribution in [-0.4, -0.2) is 33.4 Å². The second kappa shape index (κ2) is 7.02. The predicted octanol–water partition coefficient (Wildman–Crippen LogP) is 1.17. The van der Waals surface area contributed by atoms with Crippen LogP contribution in [0.4, 0.5) is 9.80 Å². The minimum Gasteiger partial charge on any atom is -0.478 e. The third-order valence-electron chi connectivity index (χ3n) is 3.11. The zero-order valence-electron chi connectivity index (χ0n) is 12.0. The topological polar surface area (TPSA) is 134 Å². The van der Waals surface area contributed by atoms with Gasteiger partial charge in [-0.05, 0) is 24.4 Å². The van der Waals surface area contributed by atoms with E-state index >= 15 is 0 Å². The van der Waals surface area contributed by atoms with Crippen LogP contribution in [0.5, 0.6) is 0 Å². The van der Waals surface area contributed by atoms with Crippen LogP contribution in [-0.2, 0) is 4.79 Å². The molecule has 0 spiro atoms. The second-order valence-electron chi connectivity index (χ2n) is 4.64. The Balaban J connectivity index is 2.96. The third kappa shape index (κ3) is 4.15. The number of carbonyl (C=O) groups is 3. The van der Waals surface area contributed by atoms with Gasteiger partial charge in [0.25, 0.3) is 0 Å². The number of aryl methyl sites for hydroxylation is 1. The van der Waals surface area contributed by atoms with Gasteiger partial charge >= 0.3 is 12.0 Å². The molecular weight excluding hydrogens is 296 g/mol. The quantitative estimate of drug-likeness (QED) is 0.625. The van der Waals surface area contributed by atoms with Crippen molar-refractivity contribution in [2.24, 2.45) is 11.7 Å². The van der Waals surface area contributed by atoms with E-state index in [0.717, 1.165) is 11.5 Å². The number of carboxylic acid groups (broad SMARTS) is 1. The maximum absolute atomic E-state index is 12.2. The summed E-state index contributed by atoms with van der Waals surface area (Å²) in [5.41, 5.74) is 5.34. The molecular formula is C12H18N4O4S. The number of rotatable bonds is 6. The molecule has 3 amide bonds. The maximum atomic E-state index is 12.2. The minimum absolute atomic E-state index is 0.0460. The molecule has 0 radical (unpaired) electrons. The van der Waals surface area contributed by atoms with Crippen LogP contribution < -0.4 is 16.4 Å². The highest BCUT2D eigenvalue weighted by Crippen LogP contribution is 2.25. The summed E-state index contributed by atoms with van der Waals surface area (Å²) in [5, 5.41) is 14.1. The standard InChI is InChI=1S/C12H18N4O4S/c1-4-5(2)8(14-12(13)20)9(17)15-10-7(11(18)19)6(3)16-21-10/h5,8H,4H2,1-3H3,(H,15,17)(H,18,19)(H3,13,14,20). The Morgan fingerprint density at radius 1 is 1.43 bits per heavy atom. The first-order valence-electron chi connectivity index (χ1n) is 6.34. The number of aromatic carboxylic acids is 1. The average Bonchev–Trinajstić information content (AvgIpc) is 2.75. The number of carbonyl (C=O) groups excluding carboxylic acids is 2. The molecule has 0 aliphatic carbocycles. The van der Waals surface area contributed by atoms with Gasteiger partial charge in [0, 0.05) is 0 Å². The number of carboxylic acids is 1. The molecule has 8 nitrogen and oxygen atoms in total. The first-order valence-corrected chi connectivity index (χ1v) is 7.11.